The van der Waals surface area contributed by atoms with Crippen molar-refractivity contribution in [2.75, 3.05) is 22.6 Å². The molecule has 1 fully saturated rings. The number of nitrogens with zero attached hydrogens (tertiary/aromatic N) is 1. The van der Waals surface area contributed by atoms with Crippen LogP contribution in [0.15, 0.2) is 4.52 Å². The first kappa shape index (κ1) is 14.4. The summed E-state index contributed by atoms with van der Waals surface area (Å²) in [5.41, 5.74) is 1.24. The largest absolute Gasteiger partial charge is 0.359 e. The summed E-state index contributed by atoms with van der Waals surface area (Å²) >= 11 is 1.39. The smallest absolute Gasteiger partial charge is 0.234 e. The molecule has 1 amide bonds. The van der Waals surface area contributed by atoms with Crippen molar-refractivity contribution in [1.82, 2.24) is 5.16 Å². The molecule has 0 bridgehead atoms. The summed E-state index contributed by atoms with van der Waals surface area (Å²) in [6, 6.07) is 0. The Balaban J connectivity index is 1.83. The van der Waals surface area contributed by atoms with E-state index in [2.05, 4.69) is 10.5 Å². The molecule has 19 heavy (non-hydrogen) atoms. The van der Waals surface area contributed by atoms with Crippen molar-refractivity contribution in [1.29, 1.82) is 0 Å². The highest BCUT2D eigenvalue weighted by molar-refractivity contribution is 8.02. The number of nitrogens with one attached hydrogen (secondary N) is 1. The molecule has 1 saturated heterocycles. The van der Waals surface area contributed by atoms with E-state index in [9.17, 15) is 13.2 Å². The Hall–Kier alpha value is -1.02. The lowest BCUT2D eigenvalue weighted by molar-refractivity contribution is -0.113. The highest BCUT2D eigenvalue weighted by atomic mass is 32.2. The van der Waals surface area contributed by atoms with Gasteiger partial charge in [0.25, 0.3) is 0 Å². The predicted molar refractivity (Wildman–Crippen MR) is 74.1 cm³/mol. The van der Waals surface area contributed by atoms with Crippen LogP contribution in [-0.4, -0.2) is 42.0 Å². The van der Waals surface area contributed by atoms with Crippen LogP contribution in [0.5, 0.6) is 0 Å². The second-order valence-corrected chi connectivity index (χ2v) is 8.10. The third-order valence-electron chi connectivity index (χ3n) is 2.94. The minimum Gasteiger partial charge on any atom is -0.359 e. The normalized spacial score (nSPS) is 21.5. The van der Waals surface area contributed by atoms with Crippen LogP contribution in [0.4, 0.5) is 5.69 Å². The van der Waals surface area contributed by atoms with Gasteiger partial charge >= 0.3 is 0 Å². The monoisotopic (exact) mass is 304 g/mol. The van der Waals surface area contributed by atoms with Gasteiger partial charge in [-0.05, 0) is 20.3 Å². The number of carbonyl (C=O) groups is 1. The molecule has 0 saturated carbocycles. The lowest BCUT2D eigenvalue weighted by Gasteiger charge is -2.07. The maximum absolute atomic E-state index is 11.8. The van der Waals surface area contributed by atoms with E-state index < -0.39 is 9.84 Å². The molecule has 1 atom stereocenters. The number of rotatable bonds is 4. The van der Waals surface area contributed by atoms with Gasteiger partial charge in [0.2, 0.25) is 5.91 Å². The number of amides is 1. The van der Waals surface area contributed by atoms with E-state index in [1.54, 1.807) is 13.8 Å². The number of carbonyl (C=O) groups excluding carboxylic acids is 1. The van der Waals surface area contributed by atoms with E-state index in [1.807, 2.05) is 0 Å². The molecular weight excluding hydrogens is 288 g/mol. The number of anilines is 1. The number of hydrogen-bond acceptors (Lipinski definition) is 6. The van der Waals surface area contributed by atoms with Gasteiger partial charge in [-0.2, -0.15) is 0 Å². The van der Waals surface area contributed by atoms with Crippen LogP contribution in [0, 0.1) is 13.8 Å². The average Bonchev–Trinajstić information content (AvgIpc) is 2.83. The molecule has 8 heteroatoms. The van der Waals surface area contributed by atoms with Gasteiger partial charge in [-0.15, -0.1) is 11.8 Å². The van der Waals surface area contributed by atoms with Crippen LogP contribution in [0.3, 0.4) is 0 Å². The molecule has 1 aliphatic rings. The second-order valence-electron chi connectivity index (χ2n) is 4.58. The second kappa shape index (κ2) is 5.54. The van der Waals surface area contributed by atoms with Crippen molar-refractivity contribution in [3.8, 4) is 0 Å². The Morgan fingerprint density at radius 1 is 1.53 bits per heavy atom. The topological polar surface area (TPSA) is 89.3 Å². The quantitative estimate of drug-likeness (QED) is 0.897. The minimum absolute atomic E-state index is 0.0282. The fraction of sp³-hybridized carbons (Fsp3) is 0.636. The molecule has 1 aromatic rings. The van der Waals surface area contributed by atoms with Crippen LogP contribution in [0.25, 0.3) is 0 Å². The SMILES string of the molecule is Cc1noc(C)c1NC(=O)CS[C@@H]1CCS(=O)(=O)C1. The van der Waals surface area contributed by atoms with Crippen LogP contribution < -0.4 is 5.32 Å². The zero-order valence-electron chi connectivity index (χ0n) is 10.8. The first-order valence-electron chi connectivity index (χ1n) is 5.92. The summed E-state index contributed by atoms with van der Waals surface area (Å²) in [6.07, 6.45) is 0.631. The Labute approximate surface area is 116 Å². The molecule has 1 N–H and O–H groups in total. The summed E-state index contributed by atoms with van der Waals surface area (Å²) in [6.45, 7) is 3.48. The highest BCUT2D eigenvalue weighted by Gasteiger charge is 2.28. The summed E-state index contributed by atoms with van der Waals surface area (Å²) in [5.74, 6) is 1.06. The summed E-state index contributed by atoms with van der Waals surface area (Å²) in [5, 5.41) is 6.52. The molecule has 1 aromatic heterocycles. The lowest BCUT2D eigenvalue weighted by atomic mass is 10.3. The molecule has 106 valence electrons. The molecule has 0 aromatic carbocycles. The van der Waals surface area contributed by atoms with Gasteiger partial charge in [-0.1, -0.05) is 5.16 Å². The number of aromatic nitrogens is 1. The first-order chi connectivity index (χ1) is 8.87. The average molecular weight is 304 g/mol. The van der Waals surface area contributed by atoms with Crippen molar-refractivity contribution in [2.24, 2.45) is 0 Å². The molecule has 1 aliphatic heterocycles. The Morgan fingerprint density at radius 3 is 2.79 bits per heavy atom. The minimum atomic E-state index is -2.88. The van der Waals surface area contributed by atoms with Crippen LogP contribution in [0.2, 0.25) is 0 Å². The van der Waals surface area contributed by atoms with E-state index in [1.165, 1.54) is 11.8 Å². The number of hydrogen-bond donors (Lipinski definition) is 1. The van der Waals surface area contributed by atoms with E-state index in [-0.39, 0.29) is 28.4 Å². The molecule has 0 spiro atoms. The third kappa shape index (κ3) is 3.73. The van der Waals surface area contributed by atoms with Gasteiger partial charge in [0.15, 0.2) is 15.6 Å². The zero-order chi connectivity index (χ0) is 14.0. The molecular formula is C11H16N2O4S2. The van der Waals surface area contributed by atoms with Gasteiger partial charge in [0.1, 0.15) is 11.4 Å². The van der Waals surface area contributed by atoms with Crippen molar-refractivity contribution < 1.29 is 17.7 Å². The maximum atomic E-state index is 11.8. The summed E-state index contributed by atoms with van der Waals surface area (Å²) < 4.78 is 27.5. The van der Waals surface area contributed by atoms with E-state index in [4.69, 9.17) is 4.52 Å². The van der Waals surface area contributed by atoms with E-state index in [0.29, 0.717) is 23.6 Å². The Morgan fingerprint density at radius 2 is 2.26 bits per heavy atom. The first-order valence-corrected chi connectivity index (χ1v) is 8.79. The zero-order valence-corrected chi connectivity index (χ0v) is 12.4. The van der Waals surface area contributed by atoms with E-state index in [0.717, 1.165) is 0 Å². The Bertz CT molecular complexity index is 560. The lowest BCUT2D eigenvalue weighted by Crippen LogP contribution is -2.17. The van der Waals surface area contributed by atoms with Crippen LogP contribution in [0.1, 0.15) is 17.9 Å². The number of sulfone groups is 1. The maximum Gasteiger partial charge on any atom is 0.234 e. The van der Waals surface area contributed by atoms with Crippen molar-refractivity contribution in [3.63, 3.8) is 0 Å². The molecule has 2 heterocycles. The van der Waals surface area contributed by atoms with Gasteiger partial charge < -0.3 is 9.84 Å². The van der Waals surface area contributed by atoms with Gasteiger partial charge in [0.05, 0.1) is 17.3 Å². The van der Waals surface area contributed by atoms with Gasteiger partial charge in [-0.25, -0.2) is 8.42 Å². The number of aryl methyl sites for hydroxylation is 2. The highest BCUT2D eigenvalue weighted by Crippen LogP contribution is 2.25. The summed E-state index contributed by atoms with van der Waals surface area (Å²) in [4.78, 5) is 11.8. The standard InChI is InChI=1S/C11H16N2O4S2/c1-7-11(8(2)17-13-7)12-10(14)5-18-9-3-4-19(15,16)6-9/h9H,3-6H2,1-2H3,(H,12,14)/t9-/m1/s1. The molecule has 0 aliphatic carbocycles. The van der Waals surface area contributed by atoms with Crippen molar-refractivity contribution in [3.05, 3.63) is 11.5 Å². The molecule has 2 rings (SSSR count). The van der Waals surface area contributed by atoms with Gasteiger partial charge in [-0.3, -0.25) is 4.79 Å². The third-order valence-corrected chi connectivity index (χ3v) is 6.22. The van der Waals surface area contributed by atoms with E-state index >= 15 is 0 Å². The molecule has 6 nitrogen and oxygen atoms in total. The van der Waals surface area contributed by atoms with Crippen molar-refractivity contribution >= 4 is 33.2 Å². The van der Waals surface area contributed by atoms with Crippen LogP contribution >= 0.6 is 11.8 Å². The van der Waals surface area contributed by atoms with Gasteiger partial charge in [0, 0.05) is 5.25 Å². The number of thioether (sulfide) groups is 1. The van der Waals surface area contributed by atoms with Crippen molar-refractivity contribution in [2.45, 2.75) is 25.5 Å². The molecule has 0 radical (unpaired) electrons. The fourth-order valence-electron chi connectivity index (χ4n) is 1.92. The molecule has 0 unspecified atom stereocenters. The fourth-order valence-corrected chi connectivity index (χ4v) is 5.37. The predicted octanol–water partition coefficient (Wildman–Crippen LogP) is 1.15. The summed E-state index contributed by atoms with van der Waals surface area (Å²) in [7, 11) is -2.88. The van der Waals surface area contributed by atoms with Crippen LogP contribution in [-0.2, 0) is 14.6 Å². The Kier molecular flexibility index (Phi) is 4.19.